The number of rotatable bonds is 11. The van der Waals surface area contributed by atoms with E-state index in [9.17, 15) is 24.3 Å². The number of phenols is 1. The molecule has 1 atom stereocenters. The molecule has 0 bridgehead atoms. The van der Waals surface area contributed by atoms with Crippen LogP contribution in [0, 0.1) is 6.92 Å². The second-order valence-electron chi connectivity index (χ2n) is 8.37. The van der Waals surface area contributed by atoms with Crippen LogP contribution in [0.5, 0.6) is 5.75 Å². The molecular formula is C27H27ClN6O6. The number of esters is 1. The van der Waals surface area contributed by atoms with Gasteiger partial charge in [0.05, 0.1) is 13.7 Å². The Morgan fingerprint density at radius 1 is 1.05 bits per heavy atom. The molecular weight excluding hydrogens is 540 g/mol. The molecule has 1 heterocycles. The molecule has 5 N–H and O–H groups in total. The summed E-state index contributed by atoms with van der Waals surface area (Å²) in [5.41, 5.74) is 1.29. The number of aromatic nitrogens is 2. The second-order valence-corrected chi connectivity index (χ2v) is 8.76. The van der Waals surface area contributed by atoms with Gasteiger partial charge in [-0.3, -0.25) is 14.4 Å². The SMILES string of the molecule is COC(=O)[C@H](Cc1ccc(O)cc1)NC(=O)CNC(=O)/C(=C\Nc1nc(C)cc(Cl)n1)NC(=O)c1ccccc1. The van der Waals surface area contributed by atoms with Crippen molar-refractivity contribution in [3.05, 3.63) is 94.5 Å². The minimum atomic E-state index is -1.04. The highest BCUT2D eigenvalue weighted by Crippen LogP contribution is 2.12. The summed E-state index contributed by atoms with van der Waals surface area (Å²) in [4.78, 5) is 58.7. The summed E-state index contributed by atoms with van der Waals surface area (Å²) in [6, 6.07) is 14.8. The van der Waals surface area contributed by atoms with Gasteiger partial charge in [-0.15, -0.1) is 0 Å². The first-order valence-electron chi connectivity index (χ1n) is 11.9. The zero-order chi connectivity index (χ0) is 29.1. The molecule has 0 aliphatic heterocycles. The molecule has 208 valence electrons. The summed E-state index contributed by atoms with van der Waals surface area (Å²) >= 11 is 5.96. The van der Waals surface area contributed by atoms with Crippen LogP contribution in [0.2, 0.25) is 5.15 Å². The summed E-state index contributed by atoms with van der Waals surface area (Å²) in [5.74, 6) is -2.62. The van der Waals surface area contributed by atoms with E-state index in [1.54, 1.807) is 55.5 Å². The quantitative estimate of drug-likeness (QED) is 0.132. The number of phenolic OH excluding ortho intramolecular Hbond substituents is 1. The van der Waals surface area contributed by atoms with Crippen LogP contribution in [0.25, 0.3) is 0 Å². The summed E-state index contributed by atoms with van der Waals surface area (Å²) in [6.45, 7) is 1.18. The first kappa shape index (κ1) is 29.6. The van der Waals surface area contributed by atoms with Gasteiger partial charge in [-0.2, -0.15) is 0 Å². The molecule has 2 aromatic carbocycles. The molecule has 0 unspecified atom stereocenters. The van der Waals surface area contributed by atoms with Crippen LogP contribution in [0.4, 0.5) is 5.95 Å². The van der Waals surface area contributed by atoms with E-state index in [-0.39, 0.29) is 29.0 Å². The minimum absolute atomic E-state index is 0.0554. The van der Waals surface area contributed by atoms with E-state index in [1.165, 1.54) is 25.4 Å². The number of ether oxygens (including phenoxy) is 1. The van der Waals surface area contributed by atoms with Crippen LogP contribution in [0.15, 0.2) is 72.6 Å². The maximum Gasteiger partial charge on any atom is 0.328 e. The topological polar surface area (TPSA) is 172 Å². The molecule has 0 radical (unpaired) electrons. The number of hydrogen-bond acceptors (Lipinski definition) is 9. The largest absolute Gasteiger partial charge is 0.508 e. The zero-order valence-corrected chi connectivity index (χ0v) is 22.4. The average Bonchev–Trinajstić information content (AvgIpc) is 2.94. The average molecular weight is 567 g/mol. The normalized spacial score (nSPS) is 11.6. The summed E-state index contributed by atoms with van der Waals surface area (Å²) < 4.78 is 4.77. The highest BCUT2D eigenvalue weighted by Gasteiger charge is 2.23. The predicted octanol–water partition coefficient (Wildman–Crippen LogP) is 1.84. The third kappa shape index (κ3) is 9.10. The Hall–Kier alpha value is -4.97. The molecule has 0 aliphatic rings. The van der Waals surface area contributed by atoms with Crippen molar-refractivity contribution in [2.24, 2.45) is 0 Å². The van der Waals surface area contributed by atoms with Crippen LogP contribution in [-0.2, 0) is 25.5 Å². The van der Waals surface area contributed by atoms with Gasteiger partial charge in [0.2, 0.25) is 11.9 Å². The van der Waals surface area contributed by atoms with E-state index >= 15 is 0 Å². The monoisotopic (exact) mass is 566 g/mol. The number of aromatic hydroxyl groups is 1. The van der Waals surface area contributed by atoms with Crippen molar-refractivity contribution >= 4 is 41.2 Å². The number of nitrogens with zero attached hydrogens (tertiary/aromatic N) is 2. The fraction of sp³-hybridized carbons (Fsp3) is 0.185. The Morgan fingerprint density at radius 2 is 1.75 bits per heavy atom. The highest BCUT2D eigenvalue weighted by atomic mass is 35.5. The third-order valence-electron chi connectivity index (χ3n) is 5.30. The second kappa shape index (κ2) is 14.3. The number of benzene rings is 2. The molecule has 12 nitrogen and oxygen atoms in total. The van der Waals surface area contributed by atoms with E-state index in [0.29, 0.717) is 16.8 Å². The van der Waals surface area contributed by atoms with Crippen molar-refractivity contribution in [3.8, 4) is 5.75 Å². The summed E-state index contributed by atoms with van der Waals surface area (Å²) in [6.07, 6.45) is 1.26. The van der Waals surface area contributed by atoms with Crippen molar-refractivity contribution in [3.63, 3.8) is 0 Å². The highest BCUT2D eigenvalue weighted by molar-refractivity contribution is 6.29. The Kier molecular flexibility index (Phi) is 10.5. The van der Waals surface area contributed by atoms with Crippen molar-refractivity contribution in [2.45, 2.75) is 19.4 Å². The number of aryl methyl sites for hydroxylation is 1. The number of halogens is 1. The fourth-order valence-electron chi connectivity index (χ4n) is 3.38. The van der Waals surface area contributed by atoms with E-state index in [0.717, 1.165) is 0 Å². The molecule has 13 heteroatoms. The third-order valence-corrected chi connectivity index (χ3v) is 5.50. The summed E-state index contributed by atoms with van der Waals surface area (Å²) in [5, 5.41) is 19.8. The van der Waals surface area contributed by atoms with Gasteiger partial charge in [-0.05, 0) is 42.8 Å². The van der Waals surface area contributed by atoms with Gasteiger partial charge in [-0.25, -0.2) is 14.8 Å². The molecule has 0 saturated heterocycles. The lowest BCUT2D eigenvalue weighted by Crippen LogP contribution is -2.47. The van der Waals surface area contributed by atoms with Gasteiger partial charge in [0.1, 0.15) is 22.6 Å². The number of amides is 3. The lowest BCUT2D eigenvalue weighted by atomic mass is 10.1. The summed E-state index contributed by atoms with van der Waals surface area (Å²) in [7, 11) is 1.19. The van der Waals surface area contributed by atoms with Gasteiger partial charge < -0.3 is 31.1 Å². The molecule has 1 aromatic heterocycles. The van der Waals surface area contributed by atoms with Crippen molar-refractivity contribution in [1.82, 2.24) is 25.9 Å². The molecule has 0 saturated carbocycles. The Bertz CT molecular complexity index is 1380. The number of carbonyl (C=O) groups excluding carboxylic acids is 4. The maximum atomic E-state index is 13.0. The number of carbonyl (C=O) groups is 4. The van der Waals surface area contributed by atoms with Gasteiger partial charge in [-0.1, -0.05) is 41.9 Å². The van der Waals surface area contributed by atoms with Gasteiger partial charge in [0.25, 0.3) is 11.8 Å². The van der Waals surface area contributed by atoms with Crippen LogP contribution in [-0.4, -0.2) is 58.5 Å². The molecule has 40 heavy (non-hydrogen) atoms. The van der Waals surface area contributed by atoms with Crippen molar-refractivity contribution in [1.29, 1.82) is 0 Å². The fourth-order valence-corrected chi connectivity index (χ4v) is 3.62. The van der Waals surface area contributed by atoms with Gasteiger partial charge in [0, 0.05) is 23.9 Å². The molecule has 0 fully saturated rings. The standard InChI is InChI=1S/C27H27ClN6O6/c1-16-12-22(28)34-27(31-16)30-14-21(33-24(37)18-6-4-3-5-7-18)25(38)29-15-23(36)32-20(26(39)40-2)13-17-8-10-19(35)11-9-17/h3-12,14,20,35H,13,15H2,1-2H3,(H,29,38)(H,32,36)(H,33,37)(H,30,31,34)/b21-14+/t20-/m0/s1. The first-order valence-corrected chi connectivity index (χ1v) is 12.3. The van der Waals surface area contributed by atoms with Crippen molar-refractivity contribution in [2.75, 3.05) is 19.0 Å². The molecule has 0 aliphatic carbocycles. The van der Waals surface area contributed by atoms with E-state index in [4.69, 9.17) is 16.3 Å². The zero-order valence-electron chi connectivity index (χ0n) is 21.6. The van der Waals surface area contributed by atoms with Crippen LogP contribution < -0.4 is 21.3 Å². The smallest absolute Gasteiger partial charge is 0.328 e. The van der Waals surface area contributed by atoms with Gasteiger partial charge in [0.15, 0.2) is 0 Å². The molecule has 0 spiro atoms. The number of anilines is 1. The lowest BCUT2D eigenvalue weighted by Gasteiger charge is -2.17. The Labute approximate surface area is 234 Å². The molecule has 3 aromatic rings. The van der Waals surface area contributed by atoms with Crippen LogP contribution in [0.3, 0.4) is 0 Å². The van der Waals surface area contributed by atoms with Gasteiger partial charge >= 0.3 is 5.97 Å². The van der Waals surface area contributed by atoms with Crippen LogP contribution in [0.1, 0.15) is 21.6 Å². The number of hydrogen-bond donors (Lipinski definition) is 5. The van der Waals surface area contributed by atoms with Crippen LogP contribution >= 0.6 is 11.6 Å². The van der Waals surface area contributed by atoms with Crippen molar-refractivity contribution < 1.29 is 29.0 Å². The lowest BCUT2D eigenvalue weighted by molar-refractivity contribution is -0.144. The maximum absolute atomic E-state index is 13.0. The first-order chi connectivity index (χ1) is 19.1. The molecule has 3 amide bonds. The molecule has 3 rings (SSSR count). The Balaban J connectivity index is 1.70. The van der Waals surface area contributed by atoms with E-state index < -0.39 is 36.3 Å². The number of methoxy groups -OCH3 is 1. The minimum Gasteiger partial charge on any atom is -0.508 e. The Morgan fingerprint density at radius 3 is 2.40 bits per heavy atom. The van der Waals surface area contributed by atoms with E-state index in [2.05, 4.69) is 31.2 Å². The predicted molar refractivity (Wildman–Crippen MR) is 146 cm³/mol. The van der Waals surface area contributed by atoms with E-state index in [1.807, 2.05) is 0 Å². The number of nitrogens with one attached hydrogen (secondary N) is 4.